The zero-order valence-electron chi connectivity index (χ0n) is 23.1. The van der Waals surface area contributed by atoms with Gasteiger partial charge in [0.2, 0.25) is 0 Å². The van der Waals surface area contributed by atoms with E-state index in [0.717, 1.165) is 57.9 Å². The van der Waals surface area contributed by atoms with Gasteiger partial charge in [0, 0.05) is 50.0 Å². The predicted molar refractivity (Wildman–Crippen MR) is 155 cm³/mol. The minimum atomic E-state index is -4.59. The van der Waals surface area contributed by atoms with E-state index in [1.807, 2.05) is 10.9 Å². The van der Waals surface area contributed by atoms with Crippen molar-refractivity contribution in [1.82, 2.24) is 24.3 Å². The van der Waals surface area contributed by atoms with Crippen LogP contribution >= 0.6 is 0 Å². The van der Waals surface area contributed by atoms with E-state index in [1.54, 1.807) is 6.07 Å². The van der Waals surface area contributed by atoms with Crippen molar-refractivity contribution < 1.29 is 21.6 Å². The molecule has 3 N–H and O–H groups in total. The molecule has 1 saturated heterocycles. The van der Waals surface area contributed by atoms with E-state index >= 15 is 4.39 Å². The van der Waals surface area contributed by atoms with E-state index in [2.05, 4.69) is 31.4 Å². The lowest BCUT2D eigenvalue weighted by molar-refractivity contribution is 0.0828. The molecule has 0 unspecified atom stereocenters. The van der Waals surface area contributed by atoms with Crippen LogP contribution in [-0.4, -0.2) is 72.0 Å². The molecule has 2 aromatic carbocycles. The third-order valence-electron chi connectivity index (χ3n) is 8.46. The summed E-state index contributed by atoms with van der Waals surface area (Å²) in [5.74, 6) is -2.72. The highest BCUT2D eigenvalue weighted by molar-refractivity contribution is 7.92. The number of rotatable bonds is 6. The van der Waals surface area contributed by atoms with Gasteiger partial charge in [-0.15, -0.1) is 0 Å². The van der Waals surface area contributed by atoms with Crippen molar-refractivity contribution in [2.45, 2.75) is 42.7 Å². The lowest BCUT2D eigenvalue weighted by Crippen LogP contribution is -2.49. The fourth-order valence-corrected chi connectivity index (χ4v) is 7.30. The molecule has 0 radical (unpaired) electrons. The molecule has 1 aliphatic carbocycles. The van der Waals surface area contributed by atoms with E-state index < -0.39 is 38.1 Å². The first-order valence-corrected chi connectivity index (χ1v) is 15.4. The number of nitrogens with one attached hydrogen (secondary N) is 1. The SMILES string of the molecule is CN1CCN(C2CCC(n3cc(-c4ccc(NS(=O)(=O)c5cc(F)ccc5F)c(F)c4)c4c(N)ncnc43)CC2)CC1. The number of sulfonamides is 1. The van der Waals surface area contributed by atoms with Crippen molar-refractivity contribution in [3.05, 3.63) is 66.4 Å². The fourth-order valence-electron chi connectivity index (χ4n) is 6.14. The monoisotopic (exact) mass is 599 g/mol. The lowest BCUT2D eigenvalue weighted by atomic mass is 9.89. The fraction of sp³-hybridized carbons (Fsp3) is 0.379. The smallest absolute Gasteiger partial charge is 0.265 e. The second-order valence-corrected chi connectivity index (χ2v) is 12.7. The Morgan fingerprint density at radius 3 is 2.33 bits per heavy atom. The van der Waals surface area contributed by atoms with Crippen LogP contribution in [0.4, 0.5) is 24.7 Å². The van der Waals surface area contributed by atoms with Gasteiger partial charge in [-0.2, -0.15) is 0 Å². The third-order valence-corrected chi connectivity index (χ3v) is 9.84. The quantitative estimate of drug-likeness (QED) is 0.333. The molecule has 222 valence electrons. The Kier molecular flexibility index (Phi) is 7.58. The van der Waals surface area contributed by atoms with Gasteiger partial charge in [-0.1, -0.05) is 6.07 Å². The van der Waals surface area contributed by atoms with Gasteiger partial charge in [0.15, 0.2) is 0 Å². The number of nitrogens with two attached hydrogens (primary N) is 1. The maximum absolute atomic E-state index is 15.3. The van der Waals surface area contributed by atoms with Crippen molar-refractivity contribution in [2.75, 3.05) is 43.7 Å². The van der Waals surface area contributed by atoms with E-state index in [4.69, 9.17) is 5.73 Å². The van der Waals surface area contributed by atoms with Gasteiger partial charge in [0.05, 0.1) is 11.1 Å². The Bertz CT molecular complexity index is 1730. The van der Waals surface area contributed by atoms with Crippen molar-refractivity contribution in [3.8, 4) is 11.1 Å². The summed E-state index contributed by atoms with van der Waals surface area (Å²) < 4.78 is 72.5. The summed E-state index contributed by atoms with van der Waals surface area (Å²) in [6.07, 6.45) is 7.40. The topological polar surface area (TPSA) is 109 Å². The molecule has 0 bridgehead atoms. The van der Waals surface area contributed by atoms with Gasteiger partial charge in [0.25, 0.3) is 10.0 Å². The van der Waals surface area contributed by atoms with Crippen molar-refractivity contribution in [1.29, 1.82) is 0 Å². The summed E-state index contributed by atoms with van der Waals surface area (Å²) in [5.41, 5.74) is 7.61. The highest BCUT2D eigenvalue weighted by Crippen LogP contribution is 2.39. The maximum atomic E-state index is 15.3. The Hall–Kier alpha value is -3.68. The molecule has 2 aliphatic rings. The molecule has 13 heteroatoms. The van der Waals surface area contributed by atoms with Gasteiger partial charge in [-0.05, 0) is 68.6 Å². The van der Waals surface area contributed by atoms with E-state index in [0.29, 0.717) is 40.3 Å². The Morgan fingerprint density at radius 1 is 0.905 bits per heavy atom. The summed E-state index contributed by atoms with van der Waals surface area (Å²) >= 11 is 0. The van der Waals surface area contributed by atoms with Gasteiger partial charge in [-0.25, -0.2) is 31.6 Å². The van der Waals surface area contributed by atoms with Crippen molar-refractivity contribution >= 4 is 32.6 Å². The van der Waals surface area contributed by atoms with Gasteiger partial charge >= 0.3 is 0 Å². The number of aromatic nitrogens is 3. The zero-order chi connectivity index (χ0) is 29.6. The number of piperazine rings is 1. The van der Waals surface area contributed by atoms with Crippen LogP contribution in [0.25, 0.3) is 22.2 Å². The largest absolute Gasteiger partial charge is 0.383 e. The number of hydrogen-bond acceptors (Lipinski definition) is 7. The van der Waals surface area contributed by atoms with Crippen molar-refractivity contribution in [2.24, 2.45) is 0 Å². The molecule has 0 amide bonds. The highest BCUT2D eigenvalue weighted by Gasteiger charge is 2.30. The highest BCUT2D eigenvalue weighted by atomic mass is 32.2. The Balaban J connectivity index is 1.27. The van der Waals surface area contributed by atoms with Crippen LogP contribution in [0.15, 0.2) is 53.8 Å². The number of hydrogen-bond donors (Lipinski definition) is 2. The number of benzene rings is 2. The molecule has 4 aromatic rings. The number of fused-ring (bicyclic) bond motifs is 1. The van der Waals surface area contributed by atoms with Crippen LogP contribution in [0.3, 0.4) is 0 Å². The molecule has 6 rings (SSSR count). The first kappa shape index (κ1) is 28.4. The molecule has 42 heavy (non-hydrogen) atoms. The molecule has 0 spiro atoms. The second kappa shape index (κ2) is 11.2. The lowest BCUT2D eigenvalue weighted by Gasteiger charge is -2.41. The standard InChI is InChI=1S/C29H32F3N7O2S/c1-37-10-12-38(13-11-37)20-4-6-21(7-5-20)39-16-22(27-28(33)34-17-35-29(27)39)18-2-9-25(24(32)14-18)36-42(40,41)26-15-19(30)3-8-23(26)31/h2-3,8-9,14-17,20-21,36H,4-7,10-13H2,1H3,(H2,33,34,35). The minimum absolute atomic E-state index is 0.191. The van der Waals surface area contributed by atoms with Crippen LogP contribution < -0.4 is 10.5 Å². The van der Waals surface area contributed by atoms with Gasteiger partial charge in [0.1, 0.15) is 40.1 Å². The number of nitrogens with zero attached hydrogens (tertiary/aromatic N) is 5. The summed E-state index contributed by atoms with van der Waals surface area (Å²) in [6.45, 7) is 4.34. The molecular formula is C29H32F3N7O2S. The van der Waals surface area contributed by atoms with Gasteiger partial charge in [-0.3, -0.25) is 9.62 Å². The Labute approximate surface area is 242 Å². The normalized spacial score (nSPS) is 20.7. The van der Waals surface area contributed by atoms with Crippen LogP contribution in [-0.2, 0) is 10.0 Å². The third kappa shape index (κ3) is 5.43. The molecule has 9 nitrogen and oxygen atoms in total. The number of nitrogen functional groups attached to an aromatic ring is 1. The molecule has 2 fully saturated rings. The van der Waals surface area contributed by atoms with E-state index in [1.165, 1.54) is 18.5 Å². The maximum Gasteiger partial charge on any atom is 0.265 e. The molecule has 1 aliphatic heterocycles. The zero-order valence-corrected chi connectivity index (χ0v) is 23.9. The number of halogens is 3. The first-order valence-electron chi connectivity index (χ1n) is 13.9. The van der Waals surface area contributed by atoms with Crippen LogP contribution in [0.1, 0.15) is 31.7 Å². The first-order chi connectivity index (χ1) is 20.1. The molecular weight excluding hydrogens is 567 g/mol. The van der Waals surface area contributed by atoms with Crippen LogP contribution in [0, 0.1) is 17.5 Å². The summed E-state index contributed by atoms with van der Waals surface area (Å²) in [5, 5.41) is 0.591. The van der Waals surface area contributed by atoms with Crippen LogP contribution in [0.2, 0.25) is 0 Å². The molecule has 3 heterocycles. The van der Waals surface area contributed by atoms with Gasteiger partial charge < -0.3 is 15.2 Å². The van der Waals surface area contributed by atoms with E-state index in [-0.39, 0.29) is 11.9 Å². The molecule has 0 atom stereocenters. The van der Waals surface area contributed by atoms with E-state index in [9.17, 15) is 17.2 Å². The number of anilines is 2. The minimum Gasteiger partial charge on any atom is -0.383 e. The summed E-state index contributed by atoms with van der Waals surface area (Å²) in [6, 6.07) is 6.75. The average molecular weight is 600 g/mol. The van der Waals surface area contributed by atoms with Crippen molar-refractivity contribution in [3.63, 3.8) is 0 Å². The molecule has 1 saturated carbocycles. The van der Waals surface area contributed by atoms with Crippen LogP contribution in [0.5, 0.6) is 0 Å². The summed E-state index contributed by atoms with van der Waals surface area (Å²) in [7, 11) is -2.43. The average Bonchev–Trinajstić information content (AvgIpc) is 3.37. The molecule has 2 aromatic heterocycles. The summed E-state index contributed by atoms with van der Waals surface area (Å²) in [4.78, 5) is 12.7. The predicted octanol–water partition coefficient (Wildman–Crippen LogP) is 4.63. The second-order valence-electron chi connectivity index (χ2n) is 11.1. The Morgan fingerprint density at radius 2 is 1.62 bits per heavy atom. The number of likely N-dealkylation sites (N-methyl/N-ethyl adjacent to an activating group) is 1.